The summed E-state index contributed by atoms with van der Waals surface area (Å²) in [6, 6.07) is 18.2. The van der Waals surface area contributed by atoms with Crippen LogP contribution in [0.1, 0.15) is 58.9 Å². The molecule has 0 fully saturated rings. The summed E-state index contributed by atoms with van der Waals surface area (Å²) < 4.78 is 38.2. The Balaban J connectivity index is 1.54. The number of hydrogen-bond acceptors (Lipinski definition) is 5. The number of nitrogens with zero attached hydrogens (tertiary/aromatic N) is 1. The molecule has 1 heterocycles. The van der Waals surface area contributed by atoms with E-state index in [0.29, 0.717) is 29.2 Å². The molecule has 0 unspecified atom stereocenters. The quantitative estimate of drug-likeness (QED) is 0.455. The maximum absolute atomic E-state index is 13.2. The summed E-state index contributed by atoms with van der Waals surface area (Å²) in [6.45, 7) is 7.97. The highest BCUT2D eigenvalue weighted by atomic mass is 32.2. The van der Waals surface area contributed by atoms with Crippen LogP contribution in [0.2, 0.25) is 0 Å². The molecule has 37 heavy (non-hydrogen) atoms. The van der Waals surface area contributed by atoms with Gasteiger partial charge in [0, 0.05) is 23.6 Å². The van der Waals surface area contributed by atoms with E-state index in [2.05, 4.69) is 5.32 Å². The van der Waals surface area contributed by atoms with Crippen LogP contribution in [0.15, 0.2) is 60.7 Å². The molecule has 8 heteroatoms. The van der Waals surface area contributed by atoms with Gasteiger partial charge in [0.2, 0.25) is 10.0 Å². The van der Waals surface area contributed by atoms with Crippen molar-refractivity contribution in [3.8, 4) is 11.5 Å². The number of methoxy groups -OCH3 is 1. The van der Waals surface area contributed by atoms with E-state index in [4.69, 9.17) is 9.47 Å². The number of fused-ring (bicyclic) bond motifs is 1. The SMILES string of the molecule is COc1ccc2c(c1)OC(C)(C)C[C@@H]2NC(=O)c1ccc(CN(c2c(C)cccc2C)S(C)(=O)=O)cc1. The number of anilines is 1. The Kier molecular flexibility index (Phi) is 7.24. The molecule has 0 bridgehead atoms. The zero-order valence-corrected chi connectivity index (χ0v) is 23.0. The van der Waals surface area contributed by atoms with Crippen LogP contribution in [0.4, 0.5) is 5.69 Å². The van der Waals surface area contributed by atoms with Gasteiger partial charge in [-0.1, -0.05) is 30.3 Å². The second-order valence-corrected chi connectivity index (χ2v) is 12.1. The Hall–Kier alpha value is -3.52. The van der Waals surface area contributed by atoms with E-state index in [-0.39, 0.29) is 18.5 Å². The summed E-state index contributed by atoms with van der Waals surface area (Å²) in [6.07, 6.45) is 1.83. The lowest BCUT2D eigenvalue weighted by Crippen LogP contribution is -2.41. The molecule has 1 aliphatic rings. The normalized spacial score (nSPS) is 16.3. The molecule has 1 aliphatic heterocycles. The molecule has 1 N–H and O–H groups in total. The first-order valence-corrected chi connectivity index (χ1v) is 14.0. The summed E-state index contributed by atoms with van der Waals surface area (Å²) in [4.78, 5) is 13.2. The molecule has 0 aliphatic carbocycles. The lowest BCUT2D eigenvalue weighted by molar-refractivity contribution is 0.0617. The molecular weight excluding hydrogens is 488 g/mol. The summed E-state index contributed by atoms with van der Waals surface area (Å²) in [7, 11) is -1.91. The van der Waals surface area contributed by atoms with Crippen LogP contribution in [0.25, 0.3) is 0 Å². The third-order valence-electron chi connectivity index (χ3n) is 6.61. The molecular formula is C29H34N2O5S. The zero-order valence-electron chi connectivity index (χ0n) is 22.2. The topological polar surface area (TPSA) is 84.9 Å². The smallest absolute Gasteiger partial charge is 0.251 e. The lowest BCUT2D eigenvalue weighted by atomic mass is 9.89. The second-order valence-electron chi connectivity index (χ2n) is 10.2. The monoisotopic (exact) mass is 522 g/mol. The van der Waals surface area contributed by atoms with Crippen molar-refractivity contribution in [2.24, 2.45) is 0 Å². The molecule has 196 valence electrons. The van der Waals surface area contributed by atoms with Gasteiger partial charge in [-0.3, -0.25) is 9.10 Å². The van der Waals surface area contributed by atoms with Crippen LogP contribution < -0.4 is 19.1 Å². The van der Waals surface area contributed by atoms with Gasteiger partial charge in [-0.15, -0.1) is 0 Å². The second kappa shape index (κ2) is 10.1. The molecule has 0 radical (unpaired) electrons. The number of para-hydroxylation sites is 1. The molecule has 0 aromatic heterocycles. The van der Waals surface area contributed by atoms with Gasteiger partial charge in [0.05, 0.1) is 31.6 Å². The minimum Gasteiger partial charge on any atom is -0.497 e. The van der Waals surface area contributed by atoms with E-state index in [1.165, 1.54) is 10.6 Å². The van der Waals surface area contributed by atoms with Crippen LogP contribution in [0, 0.1) is 13.8 Å². The fraction of sp³-hybridized carbons (Fsp3) is 0.345. The molecule has 7 nitrogen and oxygen atoms in total. The van der Waals surface area contributed by atoms with Crippen molar-refractivity contribution < 1.29 is 22.7 Å². The first-order valence-electron chi connectivity index (χ1n) is 12.2. The minimum absolute atomic E-state index is 0.176. The Labute approximate surface area is 219 Å². The average molecular weight is 523 g/mol. The van der Waals surface area contributed by atoms with Crippen molar-refractivity contribution in [3.05, 3.63) is 88.5 Å². The van der Waals surface area contributed by atoms with Crippen molar-refractivity contribution in [2.75, 3.05) is 17.7 Å². The zero-order chi connectivity index (χ0) is 27.0. The van der Waals surface area contributed by atoms with Gasteiger partial charge in [-0.05, 0) is 68.7 Å². The van der Waals surface area contributed by atoms with E-state index >= 15 is 0 Å². The van der Waals surface area contributed by atoms with Crippen LogP contribution >= 0.6 is 0 Å². The third-order valence-corrected chi connectivity index (χ3v) is 7.73. The van der Waals surface area contributed by atoms with E-state index in [0.717, 1.165) is 22.3 Å². The first kappa shape index (κ1) is 26.5. The Bertz CT molecular complexity index is 1390. The Morgan fingerprint density at radius 1 is 1.08 bits per heavy atom. The number of sulfonamides is 1. The predicted octanol–water partition coefficient (Wildman–Crippen LogP) is 5.31. The van der Waals surface area contributed by atoms with Crippen molar-refractivity contribution >= 4 is 21.6 Å². The van der Waals surface area contributed by atoms with Gasteiger partial charge in [0.1, 0.15) is 17.1 Å². The number of carbonyl (C=O) groups excluding carboxylic acids is 1. The number of amides is 1. The van der Waals surface area contributed by atoms with E-state index in [1.807, 2.05) is 64.1 Å². The highest BCUT2D eigenvalue weighted by Crippen LogP contribution is 2.41. The van der Waals surface area contributed by atoms with Gasteiger partial charge in [-0.2, -0.15) is 0 Å². The maximum atomic E-state index is 13.2. The van der Waals surface area contributed by atoms with Gasteiger partial charge >= 0.3 is 0 Å². The summed E-state index contributed by atoms with van der Waals surface area (Å²) in [5.41, 5.74) is 4.20. The van der Waals surface area contributed by atoms with Crippen LogP contribution in [-0.4, -0.2) is 33.3 Å². The number of nitrogens with one attached hydrogen (secondary N) is 1. The summed E-state index contributed by atoms with van der Waals surface area (Å²) >= 11 is 0. The Morgan fingerprint density at radius 3 is 2.32 bits per heavy atom. The fourth-order valence-corrected chi connectivity index (χ4v) is 5.82. The molecule has 3 aromatic rings. The largest absolute Gasteiger partial charge is 0.497 e. The standard InChI is InChI=1S/C29H34N2O5S/c1-19-8-7-9-20(2)27(19)31(37(6,33)34)18-21-10-12-22(13-11-21)28(32)30-25-17-29(3,4)36-26-16-23(35-5)14-15-24(25)26/h7-16,25H,17-18H2,1-6H3,(H,30,32)/t25-/m0/s1. The molecule has 0 spiro atoms. The van der Waals surface area contributed by atoms with Gasteiger partial charge < -0.3 is 14.8 Å². The lowest BCUT2D eigenvalue weighted by Gasteiger charge is -2.38. The molecule has 1 amide bonds. The molecule has 0 saturated carbocycles. The van der Waals surface area contributed by atoms with Gasteiger partial charge in [-0.25, -0.2) is 8.42 Å². The summed E-state index contributed by atoms with van der Waals surface area (Å²) in [5, 5.41) is 3.14. The Morgan fingerprint density at radius 2 is 1.73 bits per heavy atom. The van der Waals surface area contributed by atoms with Crippen LogP contribution in [-0.2, 0) is 16.6 Å². The number of hydrogen-bond donors (Lipinski definition) is 1. The number of benzene rings is 3. The predicted molar refractivity (Wildman–Crippen MR) is 146 cm³/mol. The van der Waals surface area contributed by atoms with Crippen molar-refractivity contribution in [2.45, 2.75) is 52.3 Å². The van der Waals surface area contributed by atoms with Crippen LogP contribution in [0.5, 0.6) is 11.5 Å². The van der Waals surface area contributed by atoms with E-state index in [1.54, 1.807) is 31.4 Å². The maximum Gasteiger partial charge on any atom is 0.251 e. The number of aryl methyl sites for hydroxylation is 2. The third kappa shape index (κ3) is 5.91. The van der Waals surface area contributed by atoms with E-state index in [9.17, 15) is 13.2 Å². The molecule has 1 atom stereocenters. The molecule has 3 aromatic carbocycles. The fourth-order valence-electron chi connectivity index (χ4n) is 4.82. The molecule has 0 saturated heterocycles. The van der Waals surface area contributed by atoms with Crippen molar-refractivity contribution in [1.82, 2.24) is 5.32 Å². The minimum atomic E-state index is -3.52. The van der Waals surface area contributed by atoms with Gasteiger partial charge in [0.25, 0.3) is 5.91 Å². The molecule has 4 rings (SSSR count). The van der Waals surface area contributed by atoms with Crippen molar-refractivity contribution in [1.29, 1.82) is 0 Å². The average Bonchev–Trinajstić information content (AvgIpc) is 2.82. The summed E-state index contributed by atoms with van der Waals surface area (Å²) in [5.74, 6) is 1.19. The highest BCUT2D eigenvalue weighted by Gasteiger charge is 2.35. The van der Waals surface area contributed by atoms with Crippen molar-refractivity contribution in [3.63, 3.8) is 0 Å². The van der Waals surface area contributed by atoms with Gasteiger partial charge in [0.15, 0.2) is 0 Å². The van der Waals surface area contributed by atoms with E-state index < -0.39 is 15.6 Å². The number of ether oxygens (including phenoxy) is 2. The highest BCUT2D eigenvalue weighted by molar-refractivity contribution is 7.92. The number of rotatable bonds is 7. The number of carbonyl (C=O) groups is 1. The first-order chi connectivity index (χ1) is 17.4. The van der Waals surface area contributed by atoms with Crippen LogP contribution in [0.3, 0.4) is 0 Å².